The average molecular weight is 323 g/mol. The molecule has 98 valence electrons. The third-order valence-corrected chi connectivity index (χ3v) is 3.09. The molecule has 0 aliphatic rings. The van der Waals surface area contributed by atoms with E-state index in [4.69, 9.17) is 9.47 Å². The SMILES string of the molecule is COC(=O)c1ccc(OC(C)=O)c2cc(Br)ccc12. The van der Waals surface area contributed by atoms with Gasteiger partial charge in [0.15, 0.2) is 0 Å². The van der Waals surface area contributed by atoms with E-state index in [1.165, 1.54) is 14.0 Å². The molecule has 0 saturated carbocycles. The first-order chi connectivity index (χ1) is 9.02. The van der Waals surface area contributed by atoms with Gasteiger partial charge in [-0.25, -0.2) is 4.79 Å². The summed E-state index contributed by atoms with van der Waals surface area (Å²) >= 11 is 3.35. The number of carbonyl (C=O) groups excluding carboxylic acids is 2. The van der Waals surface area contributed by atoms with Crippen molar-refractivity contribution in [2.24, 2.45) is 0 Å². The van der Waals surface area contributed by atoms with Gasteiger partial charge >= 0.3 is 11.9 Å². The van der Waals surface area contributed by atoms with Gasteiger partial charge in [-0.1, -0.05) is 22.0 Å². The normalized spacial score (nSPS) is 10.3. The molecule has 0 bridgehead atoms. The Morgan fingerprint density at radius 2 is 1.84 bits per heavy atom. The first-order valence-corrected chi connectivity index (χ1v) is 6.31. The minimum atomic E-state index is -0.429. The molecule has 0 unspecified atom stereocenters. The zero-order valence-electron chi connectivity index (χ0n) is 10.4. The summed E-state index contributed by atoms with van der Waals surface area (Å²) in [6.45, 7) is 1.33. The van der Waals surface area contributed by atoms with Crippen molar-refractivity contribution in [1.82, 2.24) is 0 Å². The van der Waals surface area contributed by atoms with Gasteiger partial charge in [-0.05, 0) is 29.7 Å². The van der Waals surface area contributed by atoms with Gasteiger partial charge < -0.3 is 9.47 Å². The zero-order valence-corrected chi connectivity index (χ0v) is 12.0. The maximum atomic E-state index is 11.7. The van der Waals surface area contributed by atoms with Crippen molar-refractivity contribution in [2.75, 3.05) is 7.11 Å². The molecule has 0 heterocycles. The molecule has 0 saturated heterocycles. The molecule has 0 aliphatic carbocycles. The second-order valence-corrected chi connectivity index (χ2v) is 4.80. The van der Waals surface area contributed by atoms with Gasteiger partial charge in [-0.2, -0.15) is 0 Å². The fourth-order valence-electron chi connectivity index (χ4n) is 1.83. The highest BCUT2D eigenvalue weighted by atomic mass is 79.9. The summed E-state index contributed by atoms with van der Waals surface area (Å²) < 4.78 is 10.7. The van der Waals surface area contributed by atoms with Crippen molar-refractivity contribution >= 4 is 38.6 Å². The van der Waals surface area contributed by atoms with Gasteiger partial charge in [0.2, 0.25) is 0 Å². The Balaban J connectivity index is 2.71. The van der Waals surface area contributed by atoms with E-state index in [0.29, 0.717) is 22.1 Å². The van der Waals surface area contributed by atoms with Crippen LogP contribution in [0.1, 0.15) is 17.3 Å². The largest absolute Gasteiger partial charge is 0.465 e. The summed E-state index contributed by atoms with van der Waals surface area (Å²) in [5.74, 6) is -0.426. The van der Waals surface area contributed by atoms with Crippen LogP contribution in [0.2, 0.25) is 0 Å². The number of benzene rings is 2. The van der Waals surface area contributed by atoms with Crippen molar-refractivity contribution in [2.45, 2.75) is 6.92 Å². The summed E-state index contributed by atoms with van der Waals surface area (Å²) in [7, 11) is 1.33. The number of esters is 2. The van der Waals surface area contributed by atoms with Crippen LogP contribution < -0.4 is 4.74 Å². The van der Waals surface area contributed by atoms with Gasteiger partial charge in [0.1, 0.15) is 5.75 Å². The Bertz CT molecular complexity index is 664. The third kappa shape index (κ3) is 2.76. The lowest BCUT2D eigenvalue weighted by molar-refractivity contribution is -0.131. The third-order valence-electron chi connectivity index (χ3n) is 2.60. The first-order valence-electron chi connectivity index (χ1n) is 5.52. The van der Waals surface area contributed by atoms with Gasteiger partial charge in [0, 0.05) is 16.8 Å². The molecular formula is C14H11BrO4. The molecule has 0 amide bonds. The molecule has 2 aromatic rings. The standard InChI is InChI=1S/C14H11BrO4/c1-8(16)19-13-6-5-11(14(17)18-2)10-4-3-9(15)7-12(10)13/h3-7H,1-2H3. The van der Waals surface area contributed by atoms with Crippen LogP contribution in [-0.4, -0.2) is 19.0 Å². The van der Waals surface area contributed by atoms with Crippen molar-refractivity contribution in [1.29, 1.82) is 0 Å². The van der Waals surface area contributed by atoms with Crippen LogP contribution in [0.4, 0.5) is 0 Å². The van der Waals surface area contributed by atoms with Crippen LogP contribution in [0.3, 0.4) is 0 Å². The highest BCUT2D eigenvalue weighted by molar-refractivity contribution is 9.10. The van der Waals surface area contributed by atoms with Crippen LogP contribution in [0.5, 0.6) is 5.75 Å². The lowest BCUT2D eigenvalue weighted by atomic mass is 10.0. The van der Waals surface area contributed by atoms with E-state index in [-0.39, 0.29) is 0 Å². The van der Waals surface area contributed by atoms with Gasteiger partial charge in [-0.3, -0.25) is 4.79 Å². The van der Waals surface area contributed by atoms with Gasteiger partial charge in [-0.15, -0.1) is 0 Å². The lowest BCUT2D eigenvalue weighted by Gasteiger charge is -2.10. The Morgan fingerprint density at radius 3 is 2.47 bits per heavy atom. The van der Waals surface area contributed by atoms with Crippen molar-refractivity contribution in [3.05, 3.63) is 40.4 Å². The van der Waals surface area contributed by atoms with E-state index in [1.54, 1.807) is 24.3 Å². The second kappa shape index (κ2) is 5.40. The van der Waals surface area contributed by atoms with Crippen LogP contribution in [0.25, 0.3) is 10.8 Å². The van der Waals surface area contributed by atoms with Gasteiger partial charge in [0.25, 0.3) is 0 Å². The van der Waals surface area contributed by atoms with Gasteiger partial charge in [0.05, 0.1) is 12.7 Å². The lowest BCUT2D eigenvalue weighted by Crippen LogP contribution is -2.05. The van der Waals surface area contributed by atoms with Crippen molar-refractivity contribution < 1.29 is 19.1 Å². The molecular weight excluding hydrogens is 312 g/mol. The fourth-order valence-corrected chi connectivity index (χ4v) is 2.19. The monoisotopic (exact) mass is 322 g/mol. The number of methoxy groups -OCH3 is 1. The molecule has 2 rings (SSSR count). The van der Waals surface area contributed by atoms with Crippen molar-refractivity contribution in [3.63, 3.8) is 0 Å². The molecule has 19 heavy (non-hydrogen) atoms. The maximum Gasteiger partial charge on any atom is 0.338 e. The molecule has 5 heteroatoms. The number of rotatable bonds is 2. The molecule has 0 radical (unpaired) electrons. The predicted molar refractivity (Wildman–Crippen MR) is 74.3 cm³/mol. The molecule has 0 spiro atoms. The number of fused-ring (bicyclic) bond motifs is 1. The summed E-state index contributed by atoms with van der Waals surface area (Å²) in [6, 6.07) is 8.55. The Morgan fingerprint density at radius 1 is 1.11 bits per heavy atom. The maximum absolute atomic E-state index is 11.7. The number of halogens is 1. The van der Waals surface area contributed by atoms with Crippen molar-refractivity contribution in [3.8, 4) is 5.75 Å². The summed E-state index contributed by atoms with van der Waals surface area (Å²) in [4.78, 5) is 22.8. The molecule has 2 aromatic carbocycles. The topological polar surface area (TPSA) is 52.6 Å². The summed E-state index contributed by atoms with van der Waals surface area (Å²) in [5, 5.41) is 1.35. The summed E-state index contributed by atoms with van der Waals surface area (Å²) in [6.07, 6.45) is 0. The minimum Gasteiger partial charge on any atom is -0.465 e. The highest BCUT2D eigenvalue weighted by Gasteiger charge is 2.14. The molecule has 0 N–H and O–H groups in total. The molecule has 4 nitrogen and oxygen atoms in total. The molecule has 0 aromatic heterocycles. The Labute approximate surface area is 118 Å². The van der Waals surface area contributed by atoms with Crippen LogP contribution in [0.15, 0.2) is 34.8 Å². The van der Waals surface area contributed by atoms with E-state index in [0.717, 1.165) is 4.47 Å². The smallest absolute Gasteiger partial charge is 0.338 e. The Hall–Kier alpha value is -1.88. The van der Waals surface area contributed by atoms with E-state index >= 15 is 0 Å². The quantitative estimate of drug-likeness (QED) is 0.628. The first kappa shape index (κ1) is 13.5. The zero-order chi connectivity index (χ0) is 14.0. The number of ether oxygens (including phenoxy) is 2. The molecule has 0 fully saturated rings. The fraction of sp³-hybridized carbons (Fsp3) is 0.143. The van der Waals surface area contributed by atoms with Crippen LogP contribution in [-0.2, 0) is 9.53 Å². The van der Waals surface area contributed by atoms with E-state index in [1.807, 2.05) is 6.07 Å². The number of carbonyl (C=O) groups is 2. The number of hydrogen-bond donors (Lipinski definition) is 0. The van der Waals surface area contributed by atoms with Crippen LogP contribution >= 0.6 is 15.9 Å². The van der Waals surface area contributed by atoms with E-state index in [9.17, 15) is 9.59 Å². The molecule has 0 atom stereocenters. The van der Waals surface area contributed by atoms with E-state index < -0.39 is 11.9 Å². The minimum absolute atomic E-state index is 0.410. The second-order valence-electron chi connectivity index (χ2n) is 3.89. The summed E-state index contributed by atoms with van der Waals surface area (Å²) in [5.41, 5.74) is 0.431. The van der Waals surface area contributed by atoms with Crippen LogP contribution in [0, 0.1) is 0 Å². The molecule has 0 aliphatic heterocycles. The Kier molecular flexibility index (Phi) is 3.85. The predicted octanol–water partition coefficient (Wildman–Crippen LogP) is 3.31. The van der Waals surface area contributed by atoms with E-state index in [2.05, 4.69) is 15.9 Å². The number of hydrogen-bond acceptors (Lipinski definition) is 4. The highest BCUT2D eigenvalue weighted by Crippen LogP contribution is 2.31. The average Bonchev–Trinajstić information content (AvgIpc) is 2.38.